The van der Waals surface area contributed by atoms with Gasteiger partial charge in [-0.25, -0.2) is 9.78 Å². The van der Waals surface area contributed by atoms with Crippen molar-refractivity contribution < 1.29 is 14.3 Å². The highest BCUT2D eigenvalue weighted by molar-refractivity contribution is 5.86. The number of nitrogens with one attached hydrogen (secondary N) is 1. The molecule has 5 nitrogen and oxygen atoms in total. The Morgan fingerprint density at radius 2 is 2.33 bits per heavy atom. The SMILES string of the molecule is O=C(O)c1cc(-c2cccnc2F)n[nH]1. The molecule has 0 fully saturated rings. The zero-order chi connectivity index (χ0) is 10.8. The van der Waals surface area contributed by atoms with E-state index in [1.165, 1.54) is 18.3 Å². The first kappa shape index (κ1) is 9.32. The summed E-state index contributed by atoms with van der Waals surface area (Å²) in [5, 5.41) is 14.6. The monoisotopic (exact) mass is 207 g/mol. The van der Waals surface area contributed by atoms with Crippen LogP contribution in [-0.2, 0) is 0 Å². The minimum absolute atomic E-state index is 0.0896. The van der Waals surface area contributed by atoms with Crippen molar-refractivity contribution in [1.82, 2.24) is 15.2 Å². The minimum atomic E-state index is -1.14. The Hall–Kier alpha value is -2.24. The largest absolute Gasteiger partial charge is 0.477 e. The molecule has 0 bridgehead atoms. The second-order valence-corrected chi connectivity index (χ2v) is 2.81. The summed E-state index contributed by atoms with van der Waals surface area (Å²) in [6, 6.07) is 4.28. The number of halogens is 1. The summed E-state index contributed by atoms with van der Waals surface area (Å²) in [5.41, 5.74) is 0.299. The Morgan fingerprint density at radius 3 is 2.93 bits per heavy atom. The Bertz CT molecular complexity index is 510. The van der Waals surface area contributed by atoms with Crippen molar-refractivity contribution in [2.45, 2.75) is 0 Å². The van der Waals surface area contributed by atoms with Crippen LogP contribution in [0.2, 0.25) is 0 Å². The first-order chi connectivity index (χ1) is 7.18. The molecule has 0 atom stereocenters. The van der Waals surface area contributed by atoms with Gasteiger partial charge in [0.1, 0.15) is 5.69 Å². The Balaban J connectivity index is 2.46. The van der Waals surface area contributed by atoms with Crippen LogP contribution in [0.1, 0.15) is 10.5 Å². The Labute approximate surface area is 83.6 Å². The molecule has 2 aromatic heterocycles. The first-order valence-electron chi connectivity index (χ1n) is 4.08. The third-order valence-electron chi connectivity index (χ3n) is 1.84. The van der Waals surface area contributed by atoms with Crippen LogP contribution >= 0.6 is 0 Å². The average Bonchev–Trinajstić information content (AvgIpc) is 2.67. The summed E-state index contributed by atoms with van der Waals surface area (Å²) < 4.78 is 13.2. The van der Waals surface area contributed by atoms with Gasteiger partial charge in [-0.1, -0.05) is 0 Å². The molecule has 2 rings (SSSR count). The van der Waals surface area contributed by atoms with E-state index in [1.54, 1.807) is 6.07 Å². The smallest absolute Gasteiger partial charge is 0.353 e. The van der Waals surface area contributed by atoms with Gasteiger partial charge >= 0.3 is 5.97 Å². The standard InChI is InChI=1S/C9H6FN3O2/c10-8-5(2-1-3-11-8)6-4-7(9(14)15)13-12-6/h1-4H,(H,12,13)(H,14,15). The molecule has 0 saturated carbocycles. The van der Waals surface area contributed by atoms with Crippen molar-refractivity contribution in [1.29, 1.82) is 0 Å². The van der Waals surface area contributed by atoms with Crippen molar-refractivity contribution in [2.24, 2.45) is 0 Å². The van der Waals surface area contributed by atoms with Crippen LogP contribution in [0, 0.1) is 5.95 Å². The second-order valence-electron chi connectivity index (χ2n) is 2.81. The lowest BCUT2D eigenvalue weighted by Crippen LogP contribution is -1.95. The maximum atomic E-state index is 13.2. The molecule has 76 valence electrons. The normalized spacial score (nSPS) is 10.2. The van der Waals surface area contributed by atoms with Crippen LogP contribution in [0.4, 0.5) is 4.39 Å². The molecule has 0 aliphatic heterocycles. The second kappa shape index (κ2) is 3.49. The molecule has 0 aliphatic carbocycles. The highest BCUT2D eigenvalue weighted by Crippen LogP contribution is 2.19. The zero-order valence-corrected chi connectivity index (χ0v) is 7.44. The van der Waals surface area contributed by atoms with Gasteiger partial charge in [0.15, 0.2) is 0 Å². The average molecular weight is 207 g/mol. The molecule has 0 unspecified atom stereocenters. The molecule has 0 aliphatic rings. The van der Waals surface area contributed by atoms with Crippen molar-refractivity contribution in [2.75, 3.05) is 0 Å². The number of rotatable bonds is 2. The number of nitrogens with zero attached hydrogens (tertiary/aromatic N) is 2. The topological polar surface area (TPSA) is 78.9 Å². The van der Waals surface area contributed by atoms with E-state index >= 15 is 0 Å². The van der Waals surface area contributed by atoms with E-state index in [4.69, 9.17) is 5.11 Å². The lowest BCUT2D eigenvalue weighted by atomic mass is 10.2. The molecule has 0 saturated heterocycles. The van der Waals surface area contributed by atoms with Gasteiger partial charge in [-0.3, -0.25) is 5.10 Å². The molecule has 6 heteroatoms. The summed E-state index contributed by atoms with van der Waals surface area (Å²) in [6.07, 6.45) is 1.31. The number of pyridine rings is 1. The summed E-state index contributed by atoms with van der Waals surface area (Å²) >= 11 is 0. The molecule has 2 aromatic rings. The van der Waals surface area contributed by atoms with Crippen LogP contribution < -0.4 is 0 Å². The molecular weight excluding hydrogens is 201 g/mol. The third kappa shape index (κ3) is 1.69. The fourth-order valence-electron chi connectivity index (χ4n) is 1.15. The maximum absolute atomic E-state index is 13.2. The Kier molecular flexibility index (Phi) is 2.17. The highest BCUT2D eigenvalue weighted by Gasteiger charge is 2.12. The molecule has 0 amide bonds. The zero-order valence-electron chi connectivity index (χ0n) is 7.44. The van der Waals surface area contributed by atoms with Crippen molar-refractivity contribution in [3.05, 3.63) is 36.0 Å². The molecule has 0 radical (unpaired) electrons. The number of aromatic amines is 1. The lowest BCUT2D eigenvalue weighted by Gasteiger charge is -1.95. The molecule has 0 spiro atoms. The number of carbonyl (C=O) groups is 1. The van der Waals surface area contributed by atoms with E-state index in [9.17, 15) is 9.18 Å². The first-order valence-corrected chi connectivity index (χ1v) is 4.08. The van der Waals surface area contributed by atoms with E-state index in [2.05, 4.69) is 15.2 Å². The van der Waals surface area contributed by atoms with Crippen LogP contribution in [0.15, 0.2) is 24.4 Å². The lowest BCUT2D eigenvalue weighted by molar-refractivity contribution is 0.0690. The summed E-state index contributed by atoms with van der Waals surface area (Å²) in [4.78, 5) is 14.0. The summed E-state index contributed by atoms with van der Waals surface area (Å²) in [7, 11) is 0. The molecule has 2 N–H and O–H groups in total. The van der Waals surface area contributed by atoms with Gasteiger partial charge in [0.05, 0.1) is 11.3 Å². The molecule has 2 heterocycles. The van der Waals surface area contributed by atoms with Crippen LogP contribution in [0.5, 0.6) is 0 Å². The van der Waals surface area contributed by atoms with Gasteiger partial charge < -0.3 is 5.11 Å². The van der Waals surface area contributed by atoms with Gasteiger partial charge in [-0.2, -0.15) is 9.49 Å². The summed E-state index contributed by atoms with van der Waals surface area (Å²) in [6.45, 7) is 0. The van der Waals surface area contributed by atoms with Crippen LogP contribution in [-0.4, -0.2) is 26.3 Å². The quantitative estimate of drug-likeness (QED) is 0.727. The van der Waals surface area contributed by atoms with Gasteiger partial charge in [-0.15, -0.1) is 0 Å². The number of hydrogen-bond donors (Lipinski definition) is 2. The van der Waals surface area contributed by atoms with Crippen LogP contribution in [0.25, 0.3) is 11.3 Å². The van der Waals surface area contributed by atoms with Gasteiger partial charge in [0.2, 0.25) is 5.95 Å². The van der Waals surface area contributed by atoms with Crippen molar-refractivity contribution in [3.63, 3.8) is 0 Å². The molecule has 15 heavy (non-hydrogen) atoms. The predicted octanol–water partition coefficient (Wildman–Crippen LogP) is 1.31. The van der Waals surface area contributed by atoms with Crippen molar-refractivity contribution in [3.8, 4) is 11.3 Å². The van der Waals surface area contributed by atoms with Gasteiger partial charge in [0, 0.05) is 6.20 Å². The maximum Gasteiger partial charge on any atom is 0.353 e. The molecular formula is C9H6FN3O2. The van der Waals surface area contributed by atoms with Crippen LogP contribution in [0.3, 0.4) is 0 Å². The fourth-order valence-corrected chi connectivity index (χ4v) is 1.15. The van der Waals surface area contributed by atoms with Crippen molar-refractivity contribution >= 4 is 5.97 Å². The van der Waals surface area contributed by atoms with E-state index in [0.29, 0.717) is 0 Å². The number of aromatic carboxylic acids is 1. The summed E-state index contributed by atoms with van der Waals surface area (Å²) in [5.74, 6) is -1.82. The molecule has 0 aromatic carbocycles. The number of carboxylic acids is 1. The number of aromatic nitrogens is 3. The number of hydrogen-bond acceptors (Lipinski definition) is 3. The Morgan fingerprint density at radius 1 is 1.53 bits per heavy atom. The van der Waals surface area contributed by atoms with E-state index in [0.717, 1.165) is 0 Å². The van der Waals surface area contributed by atoms with Gasteiger partial charge in [0.25, 0.3) is 0 Å². The fraction of sp³-hybridized carbons (Fsp3) is 0. The van der Waals surface area contributed by atoms with E-state index in [-0.39, 0.29) is 17.0 Å². The number of carboxylic acid groups (broad SMARTS) is 1. The minimum Gasteiger partial charge on any atom is -0.477 e. The predicted molar refractivity (Wildman–Crippen MR) is 48.7 cm³/mol. The van der Waals surface area contributed by atoms with Gasteiger partial charge in [-0.05, 0) is 18.2 Å². The van der Waals surface area contributed by atoms with E-state index < -0.39 is 11.9 Å². The highest BCUT2D eigenvalue weighted by atomic mass is 19.1. The van der Waals surface area contributed by atoms with E-state index in [1.807, 2.05) is 0 Å². The number of H-pyrrole nitrogens is 1. The third-order valence-corrected chi connectivity index (χ3v) is 1.84.